The highest BCUT2D eigenvalue weighted by Gasteiger charge is 2.24. The van der Waals surface area contributed by atoms with Crippen LogP contribution in [-0.4, -0.2) is 36.3 Å². The van der Waals surface area contributed by atoms with E-state index in [2.05, 4.69) is 13.0 Å². The summed E-state index contributed by atoms with van der Waals surface area (Å²) in [7, 11) is 0. The number of anilines is 1. The molecule has 1 heterocycles. The second-order valence-corrected chi connectivity index (χ2v) is 5.80. The third-order valence-corrected chi connectivity index (χ3v) is 4.13. The minimum atomic E-state index is -0.235. The average Bonchev–Trinajstić information content (AvgIpc) is 2.52. The summed E-state index contributed by atoms with van der Waals surface area (Å²) >= 11 is 0. The molecule has 0 unspecified atom stereocenters. The maximum absolute atomic E-state index is 12.4. The maximum Gasteiger partial charge on any atom is 0.242 e. The van der Waals surface area contributed by atoms with Crippen molar-refractivity contribution < 1.29 is 9.59 Å². The number of hydrogen-bond acceptors (Lipinski definition) is 3. The Hall–Kier alpha value is -2.35. The standard InChI is InChI=1S/C17H21N3O2/c1-13-7-9-19(10-8-13)17(22)12-20(14(2)21)16-6-4-3-5-15(16)11-18/h3-6,13H,7-10,12H2,1-2H3. The number of rotatable bonds is 3. The largest absolute Gasteiger partial charge is 0.341 e. The van der Waals surface area contributed by atoms with Gasteiger partial charge in [0, 0.05) is 20.0 Å². The molecule has 0 aliphatic carbocycles. The van der Waals surface area contributed by atoms with Crippen molar-refractivity contribution in [1.82, 2.24) is 4.90 Å². The molecule has 116 valence electrons. The van der Waals surface area contributed by atoms with E-state index in [-0.39, 0.29) is 18.4 Å². The van der Waals surface area contributed by atoms with E-state index in [0.29, 0.717) is 17.2 Å². The zero-order chi connectivity index (χ0) is 16.1. The van der Waals surface area contributed by atoms with Crippen molar-refractivity contribution in [3.63, 3.8) is 0 Å². The normalized spacial score (nSPS) is 15.2. The lowest BCUT2D eigenvalue weighted by atomic mass is 9.99. The van der Waals surface area contributed by atoms with E-state index in [1.165, 1.54) is 11.8 Å². The van der Waals surface area contributed by atoms with Crippen molar-refractivity contribution in [3.8, 4) is 6.07 Å². The maximum atomic E-state index is 12.4. The summed E-state index contributed by atoms with van der Waals surface area (Å²) in [4.78, 5) is 27.6. The first kappa shape index (κ1) is 16.0. The molecule has 1 aromatic rings. The van der Waals surface area contributed by atoms with E-state index in [1.807, 2.05) is 4.90 Å². The van der Waals surface area contributed by atoms with Crippen LogP contribution in [-0.2, 0) is 9.59 Å². The van der Waals surface area contributed by atoms with Gasteiger partial charge in [-0.3, -0.25) is 9.59 Å². The van der Waals surface area contributed by atoms with Crippen LogP contribution in [0.2, 0.25) is 0 Å². The number of para-hydroxylation sites is 1. The molecular formula is C17H21N3O2. The fourth-order valence-electron chi connectivity index (χ4n) is 2.66. The van der Waals surface area contributed by atoms with Gasteiger partial charge in [-0.05, 0) is 30.9 Å². The Morgan fingerprint density at radius 3 is 2.55 bits per heavy atom. The third kappa shape index (κ3) is 3.64. The fourth-order valence-corrected chi connectivity index (χ4v) is 2.66. The number of nitrogens with zero attached hydrogens (tertiary/aromatic N) is 3. The van der Waals surface area contributed by atoms with E-state index in [9.17, 15) is 14.9 Å². The molecular weight excluding hydrogens is 278 g/mol. The van der Waals surface area contributed by atoms with Gasteiger partial charge in [-0.2, -0.15) is 5.26 Å². The van der Waals surface area contributed by atoms with Crippen LogP contribution in [0.3, 0.4) is 0 Å². The van der Waals surface area contributed by atoms with Crippen LogP contribution < -0.4 is 4.90 Å². The number of carbonyl (C=O) groups is 2. The first-order valence-electron chi connectivity index (χ1n) is 7.58. The molecule has 1 saturated heterocycles. The van der Waals surface area contributed by atoms with Crippen LogP contribution >= 0.6 is 0 Å². The van der Waals surface area contributed by atoms with E-state index in [1.54, 1.807) is 24.3 Å². The molecule has 0 spiro atoms. The summed E-state index contributed by atoms with van der Waals surface area (Å²) in [5, 5.41) is 9.18. The zero-order valence-electron chi connectivity index (χ0n) is 13.1. The number of hydrogen-bond donors (Lipinski definition) is 0. The molecule has 0 aromatic heterocycles. The van der Waals surface area contributed by atoms with Crippen molar-refractivity contribution in [3.05, 3.63) is 29.8 Å². The molecule has 1 aliphatic heterocycles. The molecule has 5 heteroatoms. The number of amides is 2. The van der Waals surface area contributed by atoms with Gasteiger partial charge in [-0.1, -0.05) is 19.1 Å². The van der Waals surface area contributed by atoms with Crippen molar-refractivity contribution in [2.24, 2.45) is 5.92 Å². The Labute approximate surface area is 131 Å². The second kappa shape index (κ2) is 7.08. The van der Waals surface area contributed by atoms with Gasteiger partial charge in [-0.25, -0.2) is 0 Å². The van der Waals surface area contributed by atoms with Crippen molar-refractivity contribution in [2.75, 3.05) is 24.5 Å². The molecule has 0 N–H and O–H groups in total. The van der Waals surface area contributed by atoms with Crippen molar-refractivity contribution in [1.29, 1.82) is 5.26 Å². The van der Waals surface area contributed by atoms with Crippen LogP contribution in [0.25, 0.3) is 0 Å². The number of benzene rings is 1. The molecule has 1 fully saturated rings. The zero-order valence-corrected chi connectivity index (χ0v) is 13.1. The smallest absolute Gasteiger partial charge is 0.242 e. The Morgan fingerprint density at radius 1 is 1.32 bits per heavy atom. The number of piperidine rings is 1. The minimum Gasteiger partial charge on any atom is -0.341 e. The highest BCUT2D eigenvalue weighted by atomic mass is 16.2. The van der Waals surface area contributed by atoms with E-state index >= 15 is 0 Å². The van der Waals surface area contributed by atoms with Gasteiger partial charge >= 0.3 is 0 Å². The summed E-state index contributed by atoms with van der Waals surface area (Å²) < 4.78 is 0. The monoisotopic (exact) mass is 299 g/mol. The highest BCUT2D eigenvalue weighted by molar-refractivity contribution is 5.98. The lowest BCUT2D eigenvalue weighted by molar-refractivity contribution is -0.132. The molecule has 0 atom stereocenters. The topological polar surface area (TPSA) is 64.4 Å². The van der Waals surface area contributed by atoms with Gasteiger partial charge in [-0.15, -0.1) is 0 Å². The molecule has 1 aliphatic rings. The van der Waals surface area contributed by atoms with Gasteiger partial charge in [0.15, 0.2) is 0 Å². The van der Waals surface area contributed by atoms with Gasteiger partial charge in [0.05, 0.1) is 11.3 Å². The molecule has 0 radical (unpaired) electrons. The number of nitriles is 1. The first-order chi connectivity index (χ1) is 10.5. The molecule has 5 nitrogen and oxygen atoms in total. The van der Waals surface area contributed by atoms with E-state index in [4.69, 9.17) is 0 Å². The Kier molecular flexibility index (Phi) is 5.16. The SMILES string of the molecule is CC(=O)N(CC(=O)N1CCC(C)CC1)c1ccccc1C#N. The fraction of sp³-hybridized carbons (Fsp3) is 0.471. The predicted octanol–water partition coefficient (Wildman–Crippen LogP) is 2.17. The summed E-state index contributed by atoms with van der Waals surface area (Å²) in [5.74, 6) is 0.351. The van der Waals surface area contributed by atoms with E-state index in [0.717, 1.165) is 25.9 Å². The summed E-state index contributed by atoms with van der Waals surface area (Å²) in [6, 6.07) is 8.93. The summed E-state index contributed by atoms with van der Waals surface area (Å²) in [5.41, 5.74) is 0.897. The predicted molar refractivity (Wildman–Crippen MR) is 84.2 cm³/mol. The van der Waals surface area contributed by atoms with Crippen LogP contribution in [0.15, 0.2) is 24.3 Å². The Balaban J connectivity index is 2.14. The second-order valence-electron chi connectivity index (χ2n) is 5.80. The molecule has 1 aromatic carbocycles. The lowest BCUT2D eigenvalue weighted by Crippen LogP contribution is -2.45. The van der Waals surface area contributed by atoms with Crippen LogP contribution in [0, 0.1) is 17.2 Å². The average molecular weight is 299 g/mol. The van der Waals surface area contributed by atoms with E-state index < -0.39 is 0 Å². The summed E-state index contributed by atoms with van der Waals surface area (Å²) in [6.45, 7) is 5.08. The Morgan fingerprint density at radius 2 is 1.95 bits per heavy atom. The van der Waals surface area contributed by atoms with Crippen molar-refractivity contribution in [2.45, 2.75) is 26.7 Å². The van der Waals surface area contributed by atoms with Crippen LogP contribution in [0.1, 0.15) is 32.3 Å². The molecule has 2 amide bonds. The quantitative estimate of drug-likeness (QED) is 0.859. The van der Waals surface area contributed by atoms with Gasteiger partial charge in [0.25, 0.3) is 0 Å². The number of likely N-dealkylation sites (tertiary alicyclic amines) is 1. The third-order valence-electron chi connectivity index (χ3n) is 4.13. The van der Waals surface area contributed by atoms with Crippen molar-refractivity contribution >= 4 is 17.5 Å². The molecule has 22 heavy (non-hydrogen) atoms. The lowest BCUT2D eigenvalue weighted by Gasteiger charge is -2.32. The first-order valence-corrected chi connectivity index (χ1v) is 7.58. The van der Waals surface area contributed by atoms with Gasteiger partial charge < -0.3 is 9.80 Å². The van der Waals surface area contributed by atoms with Gasteiger partial charge in [0.1, 0.15) is 12.6 Å². The molecule has 2 rings (SSSR count). The van der Waals surface area contributed by atoms with Gasteiger partial charge in [0.2, 0.25) is 11.8 Å². The molecule has 0 saturated carbocycles. The van der Waals surface area contributed by atoms with Crippen LogP contribution in [0.5, 0.6) is 0 Å². The summed E-state index contributed by atoms with van der Waals surface area (Å²) in [6.07, 6.45) is 2.00. The van der Waals surface area contributed by atoms with Crippen LogP contribution in [0.4, 0.5) is 5.69 Å². The Bertz CT molecular complexity index is 598. The minimum absolute atomic E-state index is 0.0115. The molecule has 0 bridgehead atoms. The highest BCUT2D eigenvalue weighted by Crippen LogP contribution is 2.21. The number of carbonyl (C=O) groups excluding carboxylic acids is 2.